The van der Waals surface area contributed by atoms with E-state index in [1.54, 1.807) is 37.4 Å². The molecule has 0 radical (unpaired) electrons. The SMILES string of the molecule is COc1ccc(C(O)c2ccc(Br)o2)c(Br)c1. The molecular formula is C12H10Br2O3. The van der Waals surface area contributed by atoms with Gasteiger partial charge in [0.05, 0.1) is 7.11 Å². The summed E-state index contributed by atoms with van der Waals surface area (Å²) in [5, 5.41) is 10.2. The third-order valence-corrected chi connectivity index (χ3v) is 3.48. The minimum Gasteiger partial charge on any atom is -0.497 e. The number of rotatable bonds is 3. The molecule has 0 aliphatic rings. The molecule has 0 amide bonds. The van der Waals surface area contributed by atoms with Crippen LogP contribution >= 0.6 is 31.9 Å². The Bertz CT molecular complexity index is 522. The lowest BCUT2D eigenvalue weighted by molar-refractivity contribution is 0.187. The van der Waals surface area contributed by atoms with E-state index in [9.17, 15) is 5.11 Å². The molecule has 2 rings (SSSR count). The number of hydrogen-bond acceptors (Lipinski definition) is 3. The van der Waals surface area contributed by atoms with Crippen molar-refractivity contribution in [1.29, 1.82) is 0 Å². The Morgan fingerprint density at radius 2 is 2.00 bits per heavy atom. The standard InChI is InChI=1S/C12H10Br2O3/c1-16-7-2-3-8(9(13)6-7)12(15)10-4-5-11(14)17-10/h2-6,12,15H,1H3. The lowest BCUT2D eigenvalue weighted by Gasteiger charge is -2.11. The molecule has 1 heterocycles. The van der Waals surface area contributed by atoms with Gasteiger partial charge in [-0.05, 0) is 40.2 Å². The number of halogens is 2. The molecule has 0 spiro atoms. The number of aliphatic hydroxyl groups is 1. The maximum atomic E-state index is 10.2. The fraction of sp³-hybridized carbons (Fsp3) is 0.167. The second kappa shape index (κ2) is 5.25. The summed E-state index contributed by atoms with van der Waals surface area (Å²) in [4.78, 5) is 0. The van der Waals surface area contributed by atoms with Crippen LogP contribution in [0.3, 0.4) is 0 Å². The van der Waals surface area contributed by atoms with Crippen LogP contribution in [0.25, 0.3) is 0 Å². The van der Waals surface area contributed by atoms with Crippen LogP contribution in [-0.2, 0) is 0 Å². The van der Waals surface area contributed by atoms with E-state index in [1.165, 1.54) is 0 Å². The highest BCUT2D eigenvalue weighted by Gasteiger charge is 2.17. The van der Waals surface area contributed by atoms with Crippen molar-refractivity contribution in [3.05, 3.63) is 50.8 Å². The molecule has 0 saturated carbocycles. The molecule has 17 heavy (non-hydrogen) atoms. The average molecular weight is 362 g/mol. The number of ether oxygens (including phenoxy) is 1. The van der Waals surface area contributed by atoms with Crippen molar-refractivity contribution in [2.24, 2.45) is 0 Å². The molecule has 3 nitrogen and oxygen atoms in total. The van der Waals surface area contributed by atoms with Crippen LogP contribution in [0.4, 0.5) is 0 Å². The van der Waals surface area contributed by atoms with Crippen molar-refractivity contribution in [1.82, 2.24) is 0 Å². The first-order valence-electron chi connectivity index (χ1n) is 4.88. The fourth-order valence-corrected chi connectivity index (χ4v) is 2.38. The van der Waals surface area contributed by atoms with Gasteiger partial charge < -0.3 is 14.3 Å². The van der Waals surface area contributed by atoms with Crippen molar-refractivity contribution >= 4 is 31.9 Å². The van der Waals surface area contributed by atoms with Crippen LogP contribution in [0.5, 0.6) is 5.75 Å². The zero-order valence-electron chi connectivity index (χ0n) is 8.98. The van der Waals surface area contributed by atoms with Gasteiger partial charge in [0.25, 0.3) is 0 Å². The minimum absolute atomic E-state index is 0.489. The highest BCUT2D eigenvalue weighted by atomic mass is 79.9. The summed E-state index contributed by atoms with van der Waals surface area (Å²) in [7, 11) is 1.60. The second-order valence-electron chi connectivity index (χ2n) is 3.43. The largest absolute Gasteiger partial charge is 0.497 e. The van der Waals surface area contributed by atoms with E-state index in [0.717, 1.165) is 15.8 Å². The molecule has 0 aliphatic heterocycles. The minimum atomic E-state index is -0.804. The Kier molecular flexibility index (Phi) is 3.91. The van der Waals surface area contributed by atoms with E-state index in [2.05, 4.69) is 31.9 Å². The van der Waals surface area contributed by atoms with Crippen LogP contribution in [-0.4, -0.2) is 12.2 Å². The van der Waals surface area contributed by atoms with Crippen LogP contribution in [0.15, 0.2) is 43.9 Å². The molecule has 1 atom stereocenters. The number of methoxy groups -OCH3 is 1. The highest BCUT2D eigenvalue weighted by Crippen LogP contribution is 2.32. The van der Waals surface area contributed by atoms with Gasteiger partial charge in [-0.3, -0.25) is 0 Å². The third kappa shape index (κ3) is 2.73. The normalized spacial score (nSPS) is 12.5. The summed E-state index contributed by atoms with van der Waals surface area (Å²) >= 11 is 6.60. The van der Waals surface area contributed by atoms with Gasteiger partial charge in [0.1, 0.15) is 17.6 Å². The van der Waals surface area contributed by atoms with Crippen LogP contribution in [0, 0.1) is 0 Å². The Labute approximate surface area is 116 Å². The maximum Gasteiger partial charge on any atom is 0.169 e. The van der Waals surface area contributed by atoms with Gasteiger partial charge >= 0.3 is 0 Å². The van der Waals surface area contributed by atoms with E-state index in [0.29, 0.717) is 10.4 Å². The van der Waals surface area contributed by atoms with Crippen LogP contribution < -0.4 is 4.74 Å². The second-order valence-corrected chi connectivity index (χ2v) is 5.07. The number of hydrogen-bond donors (Lipinski definition) is 1. The zero-order chi connectivity index (χ0) is 12.4. The quantitative estimate of drug-likeness (QED) is 0.901. The summed E-state index contributed by atoms with van der Waals surface area (Å²) < 4.78 is 11.8. The third-order valence-electron chi connectivity index (χ3n) is 2.37. The molecule has 5 heteroatoms. The molecule has 2 aromatic rings. The van der Waals surface area contributed by atoms with Crippen LogP contribution in [0.1, 0.15) is 17.4 Å². The Morgan fingerprint density at radius 1 is 1.24 bits per heavy atom. The number of aliphatic hydroxyl groups excluding tert-OH is 1. The van der Waals surface area contributed by atoms with Gasteiger partial charge in [0.15, 0.2) is 4.67 Å². The van der Waals surface area contributed by atoms with E-state index in [-0.39, 0.29) is 0 Å². The Hall–Kier alpha value is -0.780. The van der Waals surface area contributed by atoms with Crippen molar-refractivity contribution in [2.45, 2.75) is 6.10 Å². The predicted octanol–water partition coefficient (Wildman–Crippen LogP) is 3.89. The van der Waals surface area contributed by atoms with E-state index >= 15 is 0 Å². The predicted molar refractivity (Wildman–Crippen MR) is 71.2 cm³/mol. The van der Waals surface area contributed by atoms with Gasteiger partial charge in [-0.1, -0.05) is 22.0 Å². The van der Waals surface area contributed by atoms with E-state index in [1.807, 2.05) is 0 Å². The molecule has 0 bridgehead atoms. The summed E-state index contributed by atoms with van der Waals surface area (Å²) in [5.41, 5.74) is 0.729. The van der Waals surface area contributed by atoms with E-state index < -0.39 is 6.10 Å². The zero-order valence-corrected chi connectivity index (χ0v) is 12.2. The molecule has 90 valence electrons. The molecule has 1 N–H and O–H groups in total. The summed E-state index contributed by atoms with van der Waals surface area (Å²) in [6, 6.07) is 8.86. The van der Waals surface area contributed by atoms with Crippen molar-refractivity contribution in [2.75, 3.05) is 7.11 Å². The smallest absolute Gasteiger partial charge is 0.169 e. The topological polar surface area (TPSA) is 42.6 Å². The van der Waals surface area contributed by atoms with Crippen LogP contribution in [0.2, 0.25) is 0 Å². The van der Waals surface area contributed by atoms with E-state index in [4.69, 9.17) is 9.15 Å². The highest BCUT2D eigenvalue weighted by molar-refractivity contribution is 9.10. The first kappa shape index (κ1) is 12.7. The summed E-state index contributed by atoms with van der Waals surface area (Å²) in [6.45, 7) is 0. The molecular weight excluding hydrogens is 352 g/mol. The fourth-order valence-electron chi connectivity index (χ4n) is 1.49. The maximum absolute atomic E-state index is 10.2. The molecule has 1 unspecified atom stereocenters. The summed E-state index contributed by atoms with van der Waals surface area (Å²) in [5.74, 6) is 1.22. The van der Waals surface area contributed by atoms with Crippen molar-refractivity contribution in [3.8, 4) is 5.75 Å². The first-order chi connectivity index (χ1) is 8.11. The van der Waals surface area contributed by atoms with Crippen molar-refractivity contribution < 1.29 is 14.3 Å². The van der Waals surface area contributed by atoms with Gasteiger partial charge in [-0.15, -0.1) is 0 Å². The molecule has 0 aliphatic carbocycles. The van der Waals surface area contributed by atoms with Gasteiger partial charge in [-0.2, -0.15) is 0 Å². The van der Waals surface area contributed by atoms with Gasteiger partial charge in [0, 0.05) is 10.0 Å². The first-order valence-corrected chi connectivity index (χ1v) is 6.47. The molecule has 0 fully saturated rings. The lowest BCUT2D eigenvalue weighted by Crippen LogP contribution is -1.99. The Morgan fingerprint density at radius 3 is 2.53 bits per heavy atom. The summed E-state index contributed by atoms with van der Waals surface area (Å²) in [6.07, 6.45) is -0.804. The molecule has 1 aromatic carbocycles. The Balaban J connectivity index is 2.34. The monoisotopic (exact) mass is 360 g/mol. The average Bonchev–Trinajstić information content (AvgIpc) is 2.75. The number of furan rings is 1. The molecule has 0 saturated heterocycles. The lowest BCUT2D eigenvalue weighted by atomic mass is 10.1. The van der Waals surface area contributed by atoms with Gasteiger partial charge in [0.2, 0.25) is 0 Å². The number of benzene rings is 1. The van der Waals surface area contributed by atoms with Crippen molar-refractivity contribution in [3.63, 3.8) is 0 Å². The van der Waals surface area contributed by atoms with Gasteiger partial charge in [-0.25, -0.2) is 0 Å². The molecule has 1 aromatic heterocycles.